The Morgan fingerprint density at radius 1 is 0.426 bits per heavy atom. The number of unbranched alkanes of at least 4 members (excludes halogenated alkanes) is 22. The number of carbonyl (C=O) groups is 2. The minimum absolute atomic E-state index is 0.173. The zero-order chi connectivity index (χ0) is 38.9. The molecule has 8 heteroatoms. The van der Waals surface area contributed by atoms with Crippen LogP contribution in [0.1, 0.15) is 181 Å². The van der Waals surface area contributed by atoms with Gasteiger partial charge in [0, 0.05) is 0 Å². The molecule has 0 aliphatic heterocycles. The predicted octanol–water partition coefficient (Wildman–Crippen LogP) is 13.0. The first kappa shape index (κ1) is 46.7. The second-order valence-electron chi connectivity index (χ2n) is 14.8. The summed E-state index contributed by atoms with van der Waals surface area (Å²) in [4.78, 5) is 24.1. The van der Waals surface area contributed by atoms with Crippen molar-refractivity contribution in [2.24, 2.45) is 0 Å². The largest absolute Gasteiger partial charge is 0.486 e. The monoisotopic (exact) mass is 755 g/mol. The molecule has 0 radical (unpaired) electrons. The van der Waals surface area contributed by atoms with Crippen LogP contribution in [-0.4, -0.2) is 47.6 Å². The van der Waals surface area contributed by atoms with Crippen molar-refractivity contribution < 1.29 is 38.7 Å². The van der Waals surface area contributed by atoms with Crippen LogP contribution < -0.4 is 18.9 Å². The maximum Gasteiger partial charge on any atom is 0.344 e. The summed E-state index contributed by atoms with van der Waals surface area (Å²) in [6.45, 7) is 4.84. The molecule has 2 rings (SSSR count). The van der Waals surface area contributed by atoms with E-state index in [1.54, 1.807) is 36.4 Å². The van der Waals surface area contributed by atoms with Gasteiger partial charge >= 0.3 is 11.9 Å². The van der Waals surface area contributed by atoms with Crippen LogP contribution in [0.25, 0.3) is 0 Å². The van der Waals surface area contributed by atoms with E-state index in [9.17, 15) is 19.8 Å². The van der Waals surface area contributed by atoms with E-state index in [1.807, 2.05) is 12.1 Å². The third-order valence-corrected chi connectivity index (χ3v) is 10.0. The number of ether oxygens (including phenoxy) is 4. The number of carboxylic acid groups (broad SMARTS) is 2. The molecule has 2 aromatic rings. The third kappa shape index (κ3) is 22.7. The van der Waals surface area contributed by atoms with Crippen LogP contribution in [0, 0.1) is 0 Å². The molecule has 0 amide bonds. The standard InChI is InChI=1S/C46H74O8/c1-3-5-7-9-11-13-15-17-19-21-23-25-35-43(45(47)48)53-41-33-29-27-31-39(41)51-37-38-52-40-32-28-30-34-42(40)54-44(46(49)50)36-26-24-22-20-18-16-14-12-10-8-6-4-2/h27-34,43-44H,3-26,35-38H2,1-2H3,(H,47,48)(H,49,50). The number of carboxylic acids is 2. The second kappa shape index (κ2) is 31.9. The Labute approximate surface area is 327 Å². The normalized spacial score (nSPS) is 12.3. The molecule has 0 heterocycles. The first-order valence-electron chi connectivity index (χ1n) is 21.7. The van der Waals surface area contributed by atoms with Gasteiger partial charge in [0.25, 0.3) is 0 Å². The number of rotatable bonds is 37. The van der Waals surface area contributed by atoms with E-state index in [1.165, 1.54) is 116 Å². The Kier molecular flexibility index (Phi) is 27.6. The molecule has 8 nitrogen and oxygen atoms in total. The van der Waals surface area contributed by atoms with E-state index in [4.69, 9.17) is 18.9 Å². The number of aliphatic carboxylic acids is 2. The molecule has 0 aromatic heterocycles. The van der Waals surface area contributed by atoms with E-state index in [0.29, 0.717) is 35.8 Å². The molecule has 306 valence electrons. The van der Waals surface area contributed by atoms with E-state index >= 15 is 0 Å². The van der Waals surface area contributed by atoms with Gasteiger partial charge in [-0.1, -0.05) is 179 Å². The van der Waals surface area contributed by atoms with Crippen molar-refractivity contribution in [2.75, 3.05) is 13.2 Å². The Balaban J connectivity index is 1.71. The van der Waals surface area contributed by atoms with Gasteiger partial charge in [-0.05, 0) is 49.9 Å². The van der Waals surface area contributed by atoms with E-state index in [2.05, 4.69) is 13.8 Å². The smallest absolute Gasteiger partial charge is 0.344 e. The summed E-state index contributed by atoms with van der Waals surface area (Å²) in [6.07, 6.45) is 28.3. The first-order valence-corrected chi connectivity index (χ1v) is 21.7. The molecule has 0 bridgehead atoms. The highest BCUT2D eigenvalue weighted by molar-refractivity contribution is 5.73. The molecule has 0 aliphatic rings. The van der Waals surface area contributed by atoms with Gasteiger partial charge in [0.15, 0.2) is 35.2 Å². The Hall–Kier alpha value is -3.42. The maximum atomic E-state index is 12.0. The minimum Gasteiger partial charge on any atom is -0.486 e. The minimum atomic E-state index is -0.980. The summed E-state index contributed by atoms with van der Waals surface area (Å²) >= 11 is 0. The molecule has 2 unspecified atom stereocenters. The van der Waals surface area contributed by atoms with Gasteiger partial charge in [-0.25, -0.2) is 9.59 Å². The highest BCUT2D eigenvalue weighted by Gasteiger charge is 2.22. The van der Waals surface area contributed by atoms with Crippen molar-refractivity contribution >= 4 is 11.9 Å². The van der Waals surface area contributed by atoms with E-state index in [0.717, 1.165) is 38.5 Å². The van der Waals surface area contributed by atoms with Crippen molar-refractivity contribution in [2.45, 2.75) is 193 Å². The van der Waals surface area contributed by atoms with Gasteiger partial charge < -0.3 is 29.2 Å². The highest BCUT2D eigenvalue weighted by atomic mass is 16.6. The summed E-state index contributed by atoms with van der Waals surface area (Å²) in [5.41, 5.74) is 0. The fraction of sp³-hybridized carbons (Fsp3) is 0.696. The number of para-hydroxylation sites is 4. The van der Waals surface area contributed by atoms with Gasteiger partial charge in [0.05, 0.1) is 0 Å². The summed E-state index contributed by atoms with van der Waals surface area (Å²) in [5.74, 6) is -0.304. The average molecular weight is 755 g/mol. The molecule has 2 atom stereocenters. The van der Waals surface area contributed by atoms with Crippen LogP contribution >= 0.6 is 0 Å². The summed E-state index contributed by atoms with van der Waals surface area (Å²) < 4.78 is 23.8. The molecule has 0 saturated carbocycles. The predicted molar refractivity (Wildman–Crippen MR) is 219 cm³/mol. The van der Waals surface area contributed by atoms with Crippen molar-refractivity contribution in [1.82, 2.24) is 0 Å². The maximum absolute atomic E-state index is 12.0. The Morgan fingerprint density at radius 2 is 0.685 bits per heavy atom. The number of benzene rings is 2. The van der Waals surface area contributed by atoms with Crippen LogP contribution in [0.5, 0.6) is 23.0 Å². The first-order chi connectivity index (χ1) is 26.5. The lowest BCUT2D eigenvalue weighted by molar-refractivity contribution is -0.146. The average Bonchev–Trinajstić information content (AvgIpc) is 3.17. The second-order valence-corrected chi connectivity index (χ2v) is 14.8. The van der Waals surface area contributed by atoms with Crippen LogP contribution in [0.2, 0.25) is 0 Å². The van der Waals surface area contributed by atoms with Gasteiger partial charge in [0.2, 0.25) is 0 Å². The molecule has 2 N–H and O–H groups in total. The lowest BCUT2D eigenvalue weighted by Gasteiger charge is -2.19. The summed E-state index contributed by atoms with van der Waals surface area (Å²) in [7, 11) is 0. The van der Waals surface area contributed by atoms with Crippen molar-refractivity contribution in [1.29, 1.82) is 0 Å². The fourth-order valence-corrected chi connectivity index (χ4v) is 6.75. The lowest BCUT2D eigenvalue weighted by atomic mass is 10.0. The van der Waals surface area contributed by atoms with Crippen LogP contribution in [0.4, 0.5) is 0 Å². The topological polar surface area (TPSA) is 112 Å². The molecule has 0 spiro atoms. The Morgan fingerprint density at radius 3 is 0.963 bits per heavy atom. The summed E-state index contributed by atoms with van der Waals surface area (Å²) in [6, 6.07) is 14.2. The van der Waals surface area contributed by atoms with E-state index in [-0.39, 0.29) is 13.2 Å². The fourth-order valence-electron chi connectivity index (χ4n) is 6.75. The van der Waals surface area contributed by atoms with Crippen molar-refractivity contribution in [3.8, 4) is 23.0 Å². The van der Waals surface area contributed by atoms with Gasteiger partial charge in [-0.15, -0.1) is 0 Å². The SMILES string of the molecule is CCCCCCCCCCCCCCC(Oc1ccccc1OCCOc1ccccc1OC(CCCCCCCCCCCCCC)C(=O)O)C(=O)O. The quantitative estimate of drug-likeness (QED) is 0.0656. The third-order valence-electron chi connectivity index (χ3n) is 10.0. The van der Waals surface area contributed by atoms with Gasteiger partial charge in [-0.2, -0.15) is 0 Å². The van der Waals surface area contributed by atoms with Crippen LogP contribution in [0.15, 0.2) is 48.5 Å². The molecular formula is C46H74O8. The zero-order valence-electron chi connectivity index (χ0n) is 33.9. The number of hydrogen-bond acceptors (Lipinski definition) is 6. The van der Waals surface area contributed by atoms with Crippen LogP contribution in [-0.2, 0) is 9.59 Å². The lowest BCUT2D eigenvalue weighted by Crippen LogP contribution is -2.27. The van der Waals surface area contributed by atoms with Gasteiger partial charge in [-0.3, -0.25) is 0 Å². The molecular weight excluding hydrogens is 680 g/mol. The number of hydrogen-bond donors (Lipinski definition) is 2. The Bertz CT molecular complexity index is 1120. The molecule has 2 aromatic carbocycles. The zero-order valence-corrected chi connectivity index (χ0v) is 33.9. The van der Waals surface area contributed by atoms with E-state index < -0.39 is 24.1 Å². The van der Waals surface area contributed by atoms with Crippen LogP contribution in [0.3, 0.4) is 0 Å². The van der Waals surface area contributed by atoms with Crippen molar-refractivity contribution in [3.63, 3.8) is 0 Å². The molecule has 0 saturated heterocycles. The van der Waals surface area contributed by atoms with Crippen molar-refractivity contribution in [3.05, 3.63) is 48.5 Å². The summed E-state index contributed by atoms with van der Waals surface area (Å²) in [5, 5.41) is 19.7. The molecule has 0 fully saturated rings. The van der Waals surface area contributed by atoms with Gasteiger partial charge in [0.1, 0.15) is 13.2 Å². The highest BCUT2D eigenvalue weighted by Crippen LogP contribution is 2.30. The molecule has 54 heavy (non-hydrogen) atoms. The molecule has 0 aliphatic carbocycles.